The molecule has 2 aromatic rings. The second kappa shape index (κ2) is 7.41. The summed E-state index contributed by atoms with van der Waals surface area (Å²) in [6, 6.07) is 9.72. The van der Waals surface area contributed by atoms with Gasteiger partial charge >= 0.3 is 0 Å². The molecule has 2 aromatic carbocycles. The van der Waals surface area contributed by atoms with E-state index in [2.05, 4.69) is 10.0 Å². The number of amides is 1. The molecule has 0 radical (unpaired) electrons. The highest BCUT2D eigenvalue weighted by atomic mass is 32.2. The normalized spacial score (nSPS) is 11.1. The number of carbonyl (C=O) groups excluding carboxylic acids is 1. The summed E-state index contributed by atoms with van der Waals surface area (Å²) in [5.74, 6) is -0.566. The van der Waals surface area contributed by atoms with E-state index in [1.54, 1.807) is 6.92 Å². The number of methoxy groups -OCH3 is 1. The number of sulfonamides is 1. The van der Waals surface area contributed by atoms with Gasteiger partial charge in [0.2, 0.25) is 15.9 Å². The smallest absolute Gasteiger partial charge is 0.241 e. The minimum Gasteiger partial charge on any atom is -0.497 e. The Kier molecular flexibility index (Phi) is 5.53. The average Bonchev–Trinajstić information content (AvgIpc) is 2.56. The third-order valence-electron chi connectivity index (χ3n) is 3.27. The van der Waals surface area contributed by atoms with Crippen LogP contribution in [0.2, 0.25) is 0 Å². The molecule has 128 valence electrons. The van der Waals surface area contributed by atoms with E-state index in [1.165, 1.54) is 49.6 Å². The van der Waals surface area contributed by atoms with E-state index in [-0.39, 0.29) is 4.90 Å². The summed E-state index contributed by atoms with van der Waals surface area (Å²) < 4.78 is 44.6. The number of benzene rings is 2. The summed E-state index contributed by atoms with van der Waals surface area (Å²) in [6.45, 7) is 1.24. The molecule has 0 saturated heterocycles. The minimum atomic E-state index is -3.83. The first-order chi connectivity index (χ1) is 11.3. The van der Waals surface area contributed by atoms with Gasteiger partial charge in [0.05, 0.1) is 18.6 Å². The van der Waals surface area contributed by atoms with Crippen molar-refractivity contribution in [1.82, 2.24) is 4.72 Å². The van der Waals surface area contributed by atoms with Gasteiger partial charge in [0.25, 0.3) is 0 Å². The average molecular weight is 352 g/mol. The topological polar surface area (TPSA) is 84.5 Å². The number of anilines is 1. The number of rotatable bonds is 6. The zero-order valence-corrected chi connectivity index (χ0v) is 14.0. The van der Waals surface area contributed by atoms with Gasteiger partial charge in [-0.15, -0.1) is 0 Å². The van der Waals surface area contributed by atoms with Crippen LogP contribution in [-0.4, -0.2) is 28.0 Å². The van der Waals surface area contributed by atoms with Crippen molar-refractivity contribution in [3.63, 3.8) is 0 Å². The highest BCUT2D eigenvalue weighted by Gasteiger charge is 2.16. The van der Waals surface area contributed by atoms with E-state index < -0.39 is 28.3 Å². The largest absolute Gasteiger partial charge is 0.497 e. The number of ether oxygens (including phenoxy) is 1. The molecule has 0 aliphatic heterocycles. The number of hydrogen-bond acceptors (Lipinski definition) is 4. The standard InChI is InChI=1S/C16H17FN2O4S/c1-11-3-4-12(17)9-15(11)19-16(20)10-18-24(21,22)14-7-5-13(23-2)6-8-14/h3-9,18H,10H2,1-2H3,(H,19,20). The lowest BCUT2D eigenvalue weighted by molar-refractivity contribution is -0.115. The molecule has 1 amide bonds. The van der Waals surface area contributed by atoms with Crippen LogP contribution in [0.1, 0.15) is 5.56 Å². The molecule has 2 rings (SSSR count). The van der Waals surface area contributed by atoms with E-state index in [4.69, 9.17) is 4.74 Å². The number of hydrogen-bond donors (Lipinski definition) is 2. The maximum atomic E-state index is 13.2. The fraction of sp³-hybridized carbons (Fsp3) is 0.188. The van der Waals surface area contributed by atoms with Gasteiger partial charge in [0.1, 0.15) is 11.6 Å². The Hall–Kier alpha value is -2.45. The predicted octanol–water partition coefficient (Wildman–Crippen LogP) is 2.06. The van der Waals surface area contributed by atoms with Crippen LogP contribution < -0.4 is 14.8 Å². The van der Waals surface area contributed by atoms with Crippen molar-refractivity contribution < 1.29 is 22.3 Å². The summed E-state index contributed by atoms with van der Waals surface area (Å²) in [5.41, 5.74) is 0.964. The Morgan fingerprint density at radius 2 is 1.83 bits per heavy atom. The number of aryl methyl sites for hydroxylation is 1. The number of carbonyl (C=O) groups is 1. The van der Waals surface area contributed by atoms with Gasteiger partial charge < -0.3 is 10.1 Å². The highest BCUT2D eigenvalue weighted by Crippen LogP contribution is 2.16. The summed E-state index contributed by atoms with van der Waals surface area (Å²) in [5, 5.41) is 2.47. The number of nitrogens with one attached hydrogen (secondary N) is 2. The summed E-state index contributed by atoms with van der Waals surface area (Å²) in [4.78, 5) is 11.9. The van der Waals surface area contributed by atoms with Gasteiger partial charge in [0, 0.05) is 5.69 Å². The molecule has 2 N–H and O–H groups in total. The third kappa shape index (κ3) is 4.53. The zero-order valence-electron chi connectivity index (χ0n) is 13.2. The van der Waals surface area contributed by atoms with Crippen molar-refractivity contribution in [2.75, 3.05) is 19.0 Å². The van der Waals surface area contributed by atoms with Crippen LogP contribution in [0.3, 0.4) is 0 Å². The Morgan fingerprint density at radius 1 is 1.17 bits per heavy atom. The van der Waals surface area contributed by atoms with Gasteiger partial charge in [-0.05, 0) is 48.9 Å². The Labute approximate surface area is 139 Å². The van der Waals surface area contributed by atoms with Gasteiger partial charge in [0.15, 0.2) is 0 Å². The van der Waals surface area contributed by atoms with Crippen molar-refractivity contribution in [3.8, 4) is 5.75 Å². The zero-order chi connectivity index (χ0) is 17.7. The summed E-state index contributed by atoms with van der Waals surface area (Å²) >= 11 is 0. The van der Waals surface area contributed by atoms with Crippen LogP contribution in [-0.2, 0) is 14.8 Å². The van der Waals surface area contributed by atoms with E-state index in [0.717, 1.165) is 0 Å². The Bertz CT molecular complexity index is 836. The predicted molar refractivity (Wildman–Crippen MR) is 87.9 cm³/mol. The second-order valence-electron chi connectivity index (χ2n) is 5.01. The highest BCUT2D eigenvalue weighted by molar-refractivity contribution is 7.89. The molecule has 0 bridgehead atoms. The molecule has 0 heterocycles. The fourth-order valence-corrected chi connectivity index (χ4v) is 2.90. The lowest BCUT2D eigenvalue weighted by Crippen LogP contribution is -2.33. The molecule has 24 heavy (non-hydrogen) atoms. The maximum Gasteiger partial charge on any atom is 0.241 e. The molecule has 0 unspecified atom stereocenters. The first kappa shape index (κ1) is 17.9. The van der Waals surface area contributed by atoms with E-state index in [0.29, 0.717) is 17.0 Å². The van der Waals surface area contributed by atoms with E-state index in [9.17, 15) is 17.6 Å². The van der Waals surface area contributed by atoms with Gasteiger partial charge in [-0.25, -0.2) is 17.5 Å². The summed E-state index contributed by atoms with van der Waals surface area (Å²) in [7, 11) is -2.36. The lowest BCUT2D eigenvalue weighted by Gasteiger charge is -2.10. The minimum absolute atomic E-state index is 0.0121. The molecule has 0 spiro atoms. The monoisotopic (exact) mass is 352 g/mol. The van der Waals surface area contributed by atoms with Crippen molar-refractivity contribution >= 4 is 21.6 Å². The second-order valence-corrected chi connectivity index (χ2v) is 6.77. The van der Waals surface area contributed by atoms with Gasteiger partial charge in [-0.1, -0.05) is 6.07 Å². The quantitative estimate of drug-likeness (QED) is 0.833. The first-order valence-electron chi connectivity index (χ1n) is 7.01. The summed E-state index contributed by atoms with van der Waals surface area (Å²) in [6.07, 6.45) is 0. The van der Waals surface area contributed by atoms with Crippen molar-refractivity contribution in [2.45, 2.75) is 11.8 Å². The van der Waals surface area contributed by atoms with E-state index >= 15 is 0 Å². The molecule has 0 fully saturated rings. The molecule has 0 aromatic heterocycles. The molecule has 0 aliphatic carbocycles. The third-order valence-corrected chi connectivity index (χ3v) is 4.68. The van der Waals surface area contributed by atoms with Crippen LogP contribution >= 0.6 is 0 Å². The van der Waals surface area contributed by atoms with Crippen molar-refractivity contribution in [1.29, 1.82) is 0 Å². The Balaban J connectivity index is 2.00. The van der Waals surface area contributed by atoms with Crippen LogP contribution in [0.25, 0.3) is 0 Å². The van der Waals surface area contributed by atoms with Crippen LogP contribution in [0, 0.1) is 12.7 Å². The van der Waals surface area contributed by atoms with Crippen molar-refractivity contribution in [3.05, 3.63) is 53.8 Å². The molecule has 0 atom stereocenters. The van der Waals surface area contributed by atoms with Crippen LogP contribution in [0.5, 0.6) is 5.75 Å². The molecule has 0 saturated carbocycles. The molecule has 0 aliphatic rings. The van der Waals surface area contributed by atoms with Crippen molar-refractivity contribution in [2.24, 2.45) is 0 Å². The number of halogens is 1. The van der Waals surface area contributed by atoms with Gasteiger partial charge in [-0.3, -0.25) is 4.79 Å². The van der Waals surface area contributed by atoms with Crippen LogP contribution in [0.4, 0.5) is 10.1 Å². The first-order valence-corrected chi connectivity index (χ1v) is 8.50. The lowest BCUT2D eigenvalue weighted by atomic mass is 10.2. The fourth-order valence-electron chi connectivity index (χ4n) is 1.92. The van der Waals surface area contributed by atoms with Gasteiger partial charge in [-0.2, -0.15) is 0 Å². The van der Waals surface area contributed by atoms with Crippen LogP contribution in [0.15, 0.2) is 47.4 Å². The SMILES string of the molecule is COc1ccc(S(=O)(=O)NCC(=O)Nc2cc(F)ccc2C)cc1. The molecular formula is C16H17FN2O4S. The Morgan fingerprint density at radius 3 is 2.46 bits per heavy atom. The molecule has 8 heteroatoms. The molecule has 6 nitrogen and oxygen atoms in total. The maximum absolute atomic E-state index is 13.2. The van der Waals surface area contributed by atoms with E-state index in [1.807, 2.05) is 0 Å². The molecular weight excluding hydrogens is 335 g/mol.